The predicted molar refractivity (Wildman–Crippen MR) is 108 cm³/mol. The third-order valence-corrected chi connectivity index (χ3v) is 4.47. The third-order valence-electron chi connectivity index (χ3n) is 4.47. The van der Waals surface area contributed by atoms with Gasteiger partial charge in [0, 0.05) is 34.5 Å². The zero-order valence-electron chi connectivity index (χ0n) is 14.7. The van der Waals surface area contributed by atoms with Gasteiger partial charge in [0.15, 0.2) is 0 Å². The molecular weight excluding hydrogens is 340 g/mol. The number of H-pyrrole nitrogens is 1. The lowest BCUT2D eigenvalue weighted by atomic mass is 10.1. The Hall–Kier alpha value is -3.80. The first-order valence-electron chi connectivity index (χ1n) is 8.53. The monoisotopic (exact) mass is 358 g/mol. The molecule has 0 saturated carbocycles. The molecule has 2 heterocycles. The lowest BCUT2D eigenvalue weighted by Crippen LogP contribution is -2.03. The summed E-state index contributed by atoms with van der Waals surface area (Å²) in [6, 6.07) is 15.2. The van der Waals surface area contributed by atoms with Gasteiger partial charge in [0.2, 0.25) is 6.41 Å². The molecule has 2 amide bonds. The van der Waals surface area contributed by atoms with Crippen LogP contribution in [0.25, 0.3) is 11.6 Å². The number of carbonyl (C=O) groups is 2. The van der Waals surface area contributed by atoms with Crippen LogP contribution in [-0.2, 0) is 9.59 Å². The van der Waals surface area contributed by atoms with Gasteiger partial charge in [-0.3, -0.25) is 9.59 Å². The lowest BCUT2D eigenvalue weighted by Gasteiger charge is -2.12. The molecule has 4 rings (SSSR count). The van der Waals surface area contributed by atoms with Crippen molar-refractivity contribution < 1.29 is 9.59 Å². The summed E-state index contributed by atoms with van der Waals surface area (Å²) in [5.74, 6) is -0.120. The molecule has 134 valence electrons. The molecule has 0 saturated heterocycles. The van der Waals surface area contributed by atoms with Crippen molar-refractivity contribution in [2.75, 3.05) is 16.0 Å². The second-order valence-electron chi connectivity index (χ2n) is 6.31. The van der Waals surface area contributed by atoms with Crippen LogP contribution in [0.2, 0.25) is 0 Å². The number of amides is 2. The third kappa shape index (κ3) is 3.32. The smallest absolute Gasteiger partial charge is 0.256 e. The van der Waals surface area contributed by atoms with Gasteiger partial charge in [0.05, 0.1) is 11.3 Å². The van der Waals surface area contributed by atoms with E-state index in [1.165, 1.54) is 0 Å². The van der Waals surface area contributed by atoms with Gasteiger partial charge in [-0.25, -0.2) is 0 Å². The number of hydrogen-bond donors (Lipinski definition) is 4. The van der Waals surface area contributed by atoms with Crippen LogP contribution in [0.15, 0.2) is 54.7 Å². The number of aromatic nitrogens is 1. The Labute approximate surface area is 156 Å². The fraction of sp³-hybridized carbons (Fsp3) is 0.0476. The fourth-order valence-electron chi connectivity index (χ4n) is 3.08. The summed E-state index contributed by atoms with van der Waals surface area (Å²) in [6.45, 7) is 1.99. The maximum absolute atomic E-state index is 12.3. The van der Waals surface area contributed by atoms with E-state index in [0.29, 0.717) is 17.7 Å². The average molecular weight is 358 g/mol. The van der Waals surface area contributed by atoms with Gasteiger partial charge in [0.1, 0.15) is 0 Å². The minimum absolute atomic E-state index is 0.120. The van der Waals surface area contributed by atoms with Crippen molar-refractivity contribution in [3.8, 4) is 0 Å². The maximum atomic E-state index is 12.3. The normalized spacial score (nSPS) is 14.0. The minimum Gasteiger partial charge on any atom is -0.362 e. The van der Waals surface area contributed by atoms with E-state index in [4.69, 9.17) is 0 Å². The number of nitrogens with one attached hydrogen (secondary N) is 4. The number of aryl methyl sites for hydroxylation is 1. The van der Waals surface area contributed by atoms with Crippen molar-refractivity contribution in [1.29, 1.82) is 0 Å². The summed E-state index contributed by atoms with van der Waals surface area (Å²) in [6.07, 6.45) is 4.31. The molecule has 6 heteroatoms. The summed E-state index contributed by atoms with van der Waals surface area (Å²) in [7, 11) is 0. The van der Waals surface area contributed by atoms with Crippen molar-refractivity contribution in [1.82, 2.24) is 4.98 Å². The summed E-state index contributed by atoms with van der Waals surface area (Å²) in [5, 5.41) is 8.90. The highest BCUT2D eigenvalue weighted by atomic mass is 16.2. The van der Waals surface area contributed by atoms with E-state index >= 15 is 0 Å². The molecule has 3 aromatic rings. The Morgan fingerprint density at radius 1 is 1.04 bits per heavy atom. The van der Waals surface area contributed by atoms with Gasteiger partial charge in [-0.1, -0.05) is 12.1 Å². The Morgan fingerprint density at radius 2 is 1.89 bits per heavy atom. The first kappa shape index (κ1) is 16.7. The van der Waals surface area contributed by atoms with Gasteiger partial charge in [0.25, 0.3) is 5.91 Å². The highest BCUT2D eigenvalue weighted by Crippen LogP contribution is 2.36. The summed E-state index contributed by atoms with van der Waals surface area (Å²) in [4.78, 5) is 26.1. The predicted octanol–water partition coefficient (Wildman–Crippen LogP) is 4.13. The van der Waals surface area contributed by atoms with Crippen LogP contribution >= 0.6 is 0 Å². The molecule has 0 spiro atoms. The fourth-order valence-corrected chi connectivity index (χ4v) is 3.08. The molecule has 4 N–H and O–H groups in total. The van der Waals surface area contributed by atoms with E-state index in [1.807, 2.05) is 67.7 Å². The summed E-state index contributed by atoms with van der Waals surface area (Å²) >= 11 is 0. The van der Waals surface area contributed by atoms with Crippen LogP contribution < -0.4 is 16.0 Å². The molecular formula is C21H18N4O2. The van der Waals surface area contributed by atoms with E-state index in [0.717, 1.165) is 33.9 Å². The quantitative estimate of drug-likeness (QED) is 0.409. The first-order valence-corrected chi connectivity index (χ1v) is 8.53. The van der Waals surface area contributed by atoms with Crippen molar-refractivity contribution in [2.45, 2.75) is 6.92 Å². The average Bonchev–Trinajstić information content (AvgIpc) is 3.26. The van der Waals surface area contributed by atoms with Gasteiger partial charge in [-0.05, 0) is 55.0 Å². The number of rotatable bonds is 5. The number of benzene rings is 2. The van der Waals surface area contributed by atoms with E-state index < -0.39 is 0 Å². The van der Waals surface area contributed by atoms with Crippen LogP contribution in [-0.4, -0.2) is 17.3 Å². The number of hydrogen-bond acceptors (Lipinski definition) is 3. The highest BCUT2D eigenvalue weighted by Gasteiger charge is 2.24. The Bertz CT molecular complexity index is 1050. The molecule has 27 heavy (non-hydrogen) atoms. The Balaban J connectivity index is 1.63. The van der Waals surface area contributed by atoms with Crippen LogP contribution in [0, 0.1) is 6.92 Å². The molecule has 0 radical (unpaired) electrons. The molecule has 1 aromatic heterocycles. The number of aromatic amines is 1. The zero-order valence-corrected chi connectivity index (χ0v) is 14.7. The van der Waals surface area contributed by atoms with E-state index in [9.17, 15) is 9.59 Å². The number of fused-ring (bicyclic) bond motifs is 1. The van der Waals surface area contributed by atoms with E-state index in [2.05, 4.69) is 20.9 Å². The van der Waals surface area contributed by atoms with Gasteiger partial charge in [-0.15, -0.1) is 0 Å². The maximum Gasteiger partial charge on any atom is 0.256 e. The minimum atomic E-state index is -0.120. The molecule has 2 aromatic carbocycles. The van der Waals surface area contributed by atoms with Crippen LogP contribution in [0.3, 0.4) is 0 Å². The van der Waals surface area contributed by atoms with Crippen molar-refractivity contribution in [3.05, 3.63) is 71.5 Å². The van der Waals surface area contributed by atoms with Crippen LogP contribution in [0.5, 0.6) is 0 Å². The zero-order chi connectivity index (χ0) is 18.8. The molecule has 0 bridgehead atoms. The topological polar surface area (TPSA) is 86.0 Å². The standard InChI is InChI=1S/C21H18N4O2/c1-13-4-5-15(23-12-26)10-19(13)24-16-6-7-17-18(9-14-3-2-8-22-14)21(27)25-20(17)11-16/h2-12,22,24H,1H3,(H,23,26)(H,25,27)/b18-9-. The first-order chi connectivity index (χ1) is 13.1. The Morgan fingerprint density at radius 3 is 2.67 bits per heavy atom. The van der Waals surface area contributed by atoms with Crippen LogP contribution in [0.4, 0.5) is 22.7 Å². The van der Waals surface area contributed by atoms with Crippen molar-refractivity contribution >= 4 is 46.7 Å². The molecule has 1 aliphatic rings. The molecule has 6 nitrogen and oxygen atoms in total. The highest BCUT2D eigenvalue weighted by molar-refractivity contribution is 6.35. The second-order valence-corrected chi connectivity index (χ2v) is 6.31. The summed E-state index contributed by atoms with van der Waals surface area (Å²) in [5.41, 5.74) is 6.63. The summed E-state index contributed by atoms with van der Waals surface area (Å²) < 4.78 is 0. The molecule has 1 aliphatic heterocycles. The number of carbonyl (C=O) groups excluding carboxylic acids is 2. The molecule has 0 atom stereocenters. The number of anilines is 4. The van der Waals surface area contributed by atoms with E-state index in [1.54, 1.807) is 0 Å². The molecule has 0 fully saturated rings. The van der Waals surface area contributed by atoms with Crippen molar-refractivity contribution in [2.24, 2.45) is 0 Å². The lowest BCUT2D eigenvalue weighted by molar-refractivity contribution is -0.110. The largest absolute Gasteiger partial charge is 0.362 e. The van der Waals surface area contributed by atoms with E-state index in [-0.39, 0.29) is 5.91 Å². The molecule has 0 aliphatic carbocycles. The molecule has 0 unspecified atom stereocenters. The van der Waals surface area contributed by atoms with Gasteiger partial charge >= 0.3 is 0 Å². The second kappa shape index (κ2) is 6.84. The SMILES string of the molecule is Cc1ccc(NC=O)cc1Nc1ccc2c(c1)NC(=O)/C2=C\c1ccc[nH]1. The van der Waals surface area contributed by atoms with Crippen molar-refractivity contribution in [3.63, 3.8) is 0 Å². The van der Waals surface area contributed by atoms with Crippen LogP contribution in [0.1, 0.15) is 16.8 Å². The van der Waals surface area contributed by atoms with Gasteiger partial charge in [-0.2, -0.15) is 0 Å². The Kier molecular flexibility index (Phi) is 4.22. The van der Waals surface area contributed by atoms with Gasteiger partial charge < -0.3 is 20.9 Å².